The molecular formula is C17H13NO6S. The molecule has 3 aromatic carbocycles. The van der Waals surface area contributed by atoms with Gasteiger partial charge in [-0.15, -0.1) is 0 Å². The Labute approximate surface area is 142 Å². The van der Waals surface area contributed by atoms with Crippen LogP contribution in [0.25, 0.3) is 10.8 Å². The van der Waals surface area contributed by atoms with E-state index in [0.717, 1.165) is 6.07 Å². The Hall–Kier alpha value is -3.10. The number of aromatic hydroxyl groups is 1. The number of benzene rings is 3. The monoisotopic (exact) mass is 359 g/mol. The smallest absolute Gasteiger partial charge is 0.335 e. The summed E-state index contributed by atoms with van der Waals surface area (Å²) in [5, 5.41) is 22.9. The average molecular weight is 359 g/mol. The lowest BCUT2D eigenvalue weighted by atomic mass is 10.1. The fraction of sp³-hybridized carbons (Fsp3) is 0. The number of phenols is 1. The first-order valence-corrected chi connectivity index (χ1v) is 8.53. The van der Waals surface area contributed by atoms with Gasteiger partial charge in [-0.25, -0.2) is 4.79 Å². The molecule has 0 unspecified atom stereocenters. The quantitative estimate of drug-likeness (QED) is 0.527. The van der Waals surface area contributed by atoms with E-state index in [1.165, 1.54) is 18.2 Å². The molecule has 0 amide bonds. The van der Waals surface area contributed by atoms with Gasteiger partial charge in [-0.3, -0.25) is 4.55 Å². The number of phenolic OH excluding ortho intramolecular Hbond substituents is 1. The molecule has 0 heterocycles. The second-order valence-electron chi connectivity index (χ2n) is 5.36. The lowest BCUT2D eigenvalue weighted by Gasteiger charge is -2.10. The molecule has 0 spiro atoms. The van der Waals surface area contributed by atoms with Crippen LogP contribution in [-0.4, -0.2) is 29.2 Å². The van der Waals surface area contributed by atoms with Crippen molar-refractivity contribution in [2.45, 2.75) is 4.90 Å². The van der Waals surface area contributed by atoms with Gasteiger partial charge in [0.15, 0.2) is 0 Å². The topological polar surface area (TPSA) is 124 Å². The van der Waals surface area contributed by atoms with E-state index in [9.17, 15) is 18.3 Å². The third-order valence-electron chi connectivity index (χ3n) is 3.60. The Morgan fingerprint density at radius 3 is 2.36 bits per heavy atom. The van der Waals surface area contributed by atoms with Gasteiger partial charge < -0.3 is 15.5 Å². The number of nitrogens with one attached hydrogen (secondary N) is 1. The van der Waals surface area contributed by atoms with Crippen molar-refractivity contribution in [3.63, 3.8) is 0 Å². The zero-order valence-corrected chi connectivity index (χ0v) is 13.5. The molecule has 25 heavy (non-hydrogen) atoms. The fourth-order valence-electron chi connectivity index (χ4n) is 2.43. The van der Waals surface area contributed by atoms with Crippen LogP contribution in [0.2, 0.25) is 0 Å². The van der Waals surface area contributed by atoms with Gasteiger partial charge in [0.25, 0.3) is 10.1 Å². The summed E-state index contributed by atoms with van der Waals surface area (Å²) in [7, 11) is -4.42. The summed E-state index contributed by atoms with van der Waals surface area (Å²) >= 11 is 0. The highest BCUT2D eigenvalue weighted by Crippen LogP contribution is 2.31. The molecule has 7 nitrogen and oxygen atoms in total. The molecule has 0 saturated carbocycles. The van der Waals surface area contributed by atoms with Crippen molar-refractivity contribution < 1.29 is 28.0 Å². The predicted molar refractivity (Wildman–Crippen MR) is 92.1 cm³/mol. The maximum atomic E-state index is 11.2. The first-order chi connectivity index (χ1) is 11.7. The number of rotatable bonds is 4. The molecule has 128 valence electrons. The minimum absolute atomic E-state index is 0.131. The highest BCUT2D eigenvalue weighted by molar-refractivity contribution is 7.85. The molecule has 0 aliphatic carbocycles. The van der Waals surface area contributed by atoms with Crippen molar-refractivity contribution in [1.82, 2.24) is 0 Å². The number of aromatic carboxylic acids is 1. The molecule has 0 bridgehead atoms. The van der Waals surface area contributed by atoms with Gasteiger partial charge in [0, 0.05) is 22.8 Å². The zero-order chi connectivity index (χ0) is 18.2. The lowest BCUT2D eigenvalue weighted by molar-refractivity contribution is 0.0697. The van der Waals surface area contributed by atoms with E-state index >= 15 is 0 Å². The molecule has 0 saturated heterocycles. The van der Waals surface area contributed by atoms with E-state index < -0.39 is 21.0 Å². The van der Waals surface area contributed by atoms with E-state index in [-0.39, 0.29) is 11.3 Å². The van der Waals surface area contributed by atoms with Crippen LogP contribution in [0.3, 0.4) is 0 Å². The summed E-state index contributed by atoms with van der Waals surface area (Å²) in [6.07, 6.45) is 0. The van der Waals surface area contributed by atoms with Crippen LogP contribution in [0.4, 0.5) is 11.4 Å². The average Bonchev–Trinajstić information content (AvgIpc) is 2.54. The first kappa shape index (κ1) is 16.7. The van der Waals surface area contributed by atoms with E-state index in [0.29, 0.717) is 22.1 Å². The van der Waals surface area contributed by atoms with Crippen LogP contribution >= 0.6 is 0 Å². The van der Waals surface area contributed by atoms with Crippen LogP contribution in [0.15, 0.2) is 59.5 Å². The van der Waals surface area contributed by atoms with Crippen LogP contribution in [0.1, 0.15) is 10.4 Å². The van der Waals surface area contributed by atoms with Gasteiger partial charge in [-0.05, 0) is 41.8 Å². The maximum absolute atomic E-state index is 11.2. The maximum Gasteiger partial charge on any atom is 0.335 e. The summed E-state index contributed by atoms with van der Waals surface area (Å²) in [5.74, 6) is -1.34. The molecule has 3 rings (SSSR count). The Morgan fingerprint density at radius 1 is 0.960 bits per heavy atom. The SMILES string of the molecule is O=C(O)c1cccc(Nc2ccc3cc(S(=O)(=O)O)cc(O)c3c2)c1. The minimum atomic E-state index is -4.42. The van der Waals surface area contributed by atoms with Gasteiger partial charge in [0.2, 0.25) is 0 Å². The predicted octanol–water partition coefficient (Wildman–Crippen LogP) is 3.23. The Morgan fingerprint density at radius 2 is 1.68 bits per heavy atom. The molecule has 4 N–H and O–H groups in total. The van der Waals surface area contributed by atoms with Crippen molar-refractivity contribution >= 4 is 38.2 Å². The lowest BCUT2D eigenvalue weighted by Crippen LogP contribution is -1.99. The Kier molecular flexibility index (Phi) is 4.07. The van der Waals surface area contributed by atoms with Crippen LogP contribution in [-0.2, 0) is 10.1 Å². The standard InChI is InChI=1S/C17H13NO6S/c19-16-9-14(25(22,23)24)7-10-4-5-13(8-15(10)16)18-12-3-1-2-11(6-12)17(20)21/h1-9,18-19H,(H,20,21)(H,22,23,24). The van der Waals surface area contributed by atoms with Crippen molar-refractivity contribution in [3.8, 4) is 5.75 Å². The van der Waals surface area contributed by atoms with Gasteiger partial charge >= 0.3 is 5.97 Å². The molecule has 0 fully saturated rings. The summed E-state index contributed by atoms with van der Waals surface area (Å²) < 4.78 is 31.5. The Balaban J connectivity index is 2.00. The third kappa shape index (κ3) is 3.54. The summed E-state index contributed by atoms with van der Waals surface area (Å²) in [6, 6.07) is 13.2. The number of carboxylic acid groups (broad SMARTS) is 1. The van der Waals surface area contributed by atoms with Gasteiger partial charge in [-0.1, -0.05) is 12.1 Å². The number of anilines is 2. The van der Waals surface area contributed by atoms with Crippen molar-refractivity contribution in [1.29, 1.82) is 0 Å². The second kappa shape index (κ2) is 6.08. The first-order valence-electron chi connectivity index (χ1n) is 7.09. The minimum Gasteiger partial charge on any atom is -0.507 e. The van der Waals surface area contributed by atoms with Gasteiger partial charge in [0.1, 0.15) is 5.75 Å². The van der Waals surface area contributed by atoms with E-state index in [2.05, 4.69) is 5.32 Å². The highest BCUT2D eigenvalue weighted by atomic mass is 32.2. The third-order valence-corrected chi connectivity index (χ3v) is 4.43. The highest BCUT2D eigenvalue weighted by Gasteiger charge is 2.13. The molecular weight excluding hydrogens is 346 g/mol. The van der Waals surface area contributed by atoms with Crippen molar-refractivity contribution in [3.05, 3.63) is 60.2 Å². The van der Waals surface area contributed by atoms with Crippen molar-refractivity contribution in [2.75, 3.05) is 5.32 Å². The molecule has 0 radical (unpaired) electrons. The summed E-state index contributed by atoms with van der Waals surface area (Å²) in [5.41, 5.74) is 1.25. The van der Waals surface area contributed by atoms with Gasteiger partial charge in [0.05, 0.1) is 10.5 Å². The van der Waals surface area contributed by atoms with E-state index in [4.69, 9.17) is 9.66 Å². The van der Waals surface area contributed by atoms with Crippen molar-refractivity contribution in [2.24, 2.45) is 0 Å². The second-order valence-corrected chi connectivity index (χ2v) is 6.79. The number of fused-ring (bicyclic) bond motifs is 1. The van der Waals surface area contributed by atoms with Crippen LogP contribution in [0.5, 0.6) is 5.75 Å². The number of hydrogen-bond acceptors (Lipinski definition) is 5. The molecule has 0 atom stereocenters. The molecule has 0 aliphatic heterocycles. The molecule has 3 aromatic rings. The summed E-state index contributed by atoms with van der Waals surface area (Å²) in [6.45, 7) is 0. The van der Waals surface area contributed by atoms with Crippen LogP contribution < -0.4 is 5.32 Å². The van der Waals surface area contributed by atoms with E-state index in [1.54, 1.807) is 30.3 Å². The normalized spacial score (nSPS) is 11.4. The number of carboxylic acids is 1. The fourth-order valence-corrected chi connectivity index (χ4v) is 2.97. The molecule has 0 aromatic heterocycles. The van der Waals surface area contributed by atoms with Gasteiger partial charge in [-0.2, -0.15) is 8.42 Å². The number of carbonyl (C=O) groups is 1. The van der Waals surface area contributed by atoms with E-state index in [1.807, 2.05) is 0 Å². The molecule has 0 aliphatic rings. The zero-order valence-electron chi connectivity index (χ0n) is 12.7. The van der Waals surface area contributed by atoms with Crippen LogP contribution in [0, 0.1) is 0 Å². The largest absolute Gasteiger partial charge is 0.507 e. The molecule has 8 heteroatoms. The summed E-state index contributed by atoms with van der Waals surface area (Å²) in [4.78, 5) is 10.6. The number of hydrogen-bond donors (Lipinski definition) is 4. The Bertz CT molecular complexity index is 1090.